The first-order chi connectivity index (χ1) is 12.7. The number of hydrogen-bond acceptors (Lipinski definition) is 3. The van der Waals surface area contributed by atoms with Crippen LogP contribution in [0.3, 0.4) is 0 Å². The van der Waals surface area contributed by atoms with E-state index in [0.29, 0.717) is 5.69 Å². The summed E-state index contributed by atoms with van der Waals surface area (Å²) < 4.78 is 25.8. The summed E-state index contributed by atoms with van der Waals surface area (Å²) in [6.45, 7) is 5.48. The molecular formula is C21H28N2O3S. The molecule has 0 heterocycles. The molecule has 0 saturated carbocycles. The van der Waals surface area contributed by atoms with E-state index in [-0.39, 0.29) is 11.9 Å². The van der Waals surface area contributed by atoms with E-state index in [1.807, 2.05) is 44.2 Å². The molecule has 0 aromatic heterocycles. The molecular weight excluding hydrogens is 360 g/mol. The number of benzene rings is 2. The third-order valence-electron chi connectivity index (χ3n) is 4.47. The van der Waals surface area contributed by atoms with Crippen LogP contribution in [-0.2, 0) is 21.2 Å². The van der Waals surface area contributed by atoms with Crippen LogP contribution in [0.25, 0.3) is 0 Å². The first kappa shape index (κ1) is 21.0. The highest BCUT2D eigenvalue weighted by molar-refractivity contribution is 7.92. The number of sulfonamides is 1. The van der Waals surface area contributed by atoms with Gasteiger partial charge in [0.05, 0.1) is 11.9 Å². The number of carbonyl (C=O) groups is 1. The van der Waals surface area contributed by atoms with Gasteiger partial charge in [0.15, 0.2) is 0 Å². The third-order valence-corrected chi connectivity index (χ3v) is 5.72. The highest BCUT2D eigenvalue weighted by Crippen LogP contribution is 2.21. The van der Waals surface area contributed by atoms with Crippen LogP contribution in [0.1, 0.15) is 31.4 Å². The SMILES string of the molecule is Cc1ccc(N([C@H](C)C(=O)N[C@@H](C)CCc2ccccc2)S(C)(=O)=O)cc1. The quantitative estimate of drug-likeness (QED) is 0.755. The van der Waals surface area contributed by atoms with Gasteiger partial charge in [0.2, 0.25) is 15.9 Å². The van der Waals surface area contributed by atoms with E-state index in [4.69, 9.17) is 0 Å². The van der Waals surface area contributed by atoms with Crippen LogP contribution < -0.4 is 9.62 Å². The fourth-order valence-electron chi connectivity index (χ4n) is 2.96. The van der Waals surface area contributed by atoms with Crippen LogP contribution in [0.5, 0.6) is 0 Å². The van der Waals surface area contributed by atoms with Gasteiger partial charge in [0.1, 0.15) is 6.04 Å². The maximum absolute atomic E-state index is 12.7. The first-order valence-corrected chi connectivity index (χ1v) is 10.9. The number of anilines is 1. The molecule has 0 aliphatic carbocycles. The van der Waals surface area contributed by atoms with Crippen molar-refractivity contribution in [3.8, 4) is 0 Å². The maximum Gasteiger partial charge on any atom is 0.243 e. The third kappa shape index (κ3) is 6.10. The van der Waals surface area contributed by atoms with E-state index in [9.17, 15) is 13.2 Å². The minimum Gasteiger partial charge on any atom is -0.352 e. The lowest BCUT2D eigenvalue weighted by molar-refractivity contribution is -0.122. The molecule has 0 spiro atoms. The molecule has 2 aromatic rings. The molecule has 0 saturated heterocycles. The van der Waals surface area contributed by atoms with Crippen LogP contribution in [0, 0.1) is 6.92 Å². The van der Waals surface area contributed by atoms with Crippen molar-refractivity contribution in [2.24, 2.45) is 0 Å². The van der Waals surface area contributed by atoms with Gasteiger partial charge in [-0.15, -0.1) is 0 Å². The van der Waals surface area contributed by atoms with Gasteiger partial charge in [0, 0.05) is 6.04 Å². The number of nitrogens with zero attached hydrogens (tertiary/aromatic N) is 1. The molecule has 0 bridgehead atoms. The van der Waals surface area contributed by atoms with E-state index in [0.717, 1.165) is 24.7 Å². The van der Waals surface area contributed by atoms with Crippen molar-refractivity contribution in [1.29, 1.82) is 0 Å². The molecule has 0 aliphatic heterocycles. The number of nitrogens with one attached hydrogen (secondary N) is 1. The van der Waals surface area contributed by atoms with E-state index >= 15 is 0 Å². The average Bonchev–Trinajstić information content (AvgIpc) is 2.61. The number of hydrogen-bond donors (Lipinski definition) is 1. The number of rotatable bonds is 8. The monoisotopic (exact) mass is 388 g/mol. The van der Waals surface area contributed by atoms with Crippen molar-refractivity contribution in [2.45, 2.75) is 45.7 Å². The van der Waals surface area contributed by atoms with E-state index < -0.39 is 16.1 Å². The normalized spacial score (nSPS) is 13.6. The molecule has 1 N–H and O–H groups in total. The predicted molar refractivity (Wildman–Crippen MR) is 110 cm³/mol. The Labute approximate surface area is 162 Å². The zero-order valence-electron chi connectivity index (χ0n) is 16.3. The van der Waals surface area contributed by atoms with Gasteiger partial charge >= 0.3 is 0 Å². The summed E-state index contributed by atoms with van der Waals surface area (Å²) in [6, 6.07) is 16.3. The van der Waals surface area contributed by atoms with Crippen LogP contribution >= 0.6 is 0 Å². The van der Waals surface area contributed by atoms with Gasteiger partial charge in [-0.1, -0.05) is 48.0 Å². The molecule has 2 rings (SSSR count). The summed E-state index contributed by atoms with van der Waals surface area (Å²) in [4.78, 5) is 12.7. The fraction of sp³-hybridized carbons (Fsp3) is 0.381. The minimum atomic E-state index is -3.59. The number of aryl methyl sites for hydroxylation is 2. The topological polar surface area (TPSA) is 66.5 Å². The molecule has 5 nitrogen and oxygen atoms in total. The highest BCUT2D eigenvalue weighted by atomic mass is 32.2. The fourth-order valence-corrected chi connectivity index (χ4v) is 4.14. The van der Waals surface area contributed by atoms with Crippen molar-refractivity contribution < 1.29 is 13.2 Å². The Balaban J connectivity index is 2.04. The number of amides is 1. The van der Waals surface area contributed by atoms with Gasteiger partial charge < -0.3 is 5.32 Å². The van der Waals surface area contributed by atoms with E-state index in [1.54, 1.807) is 19.1 Å². The zero-order chi connectivity index (χ0) is 20.0. The second-order valence-electron chi connectivity index (χ2n) is 7.00. The predicted octanol–water partition coefficient (Wildman–Crippen LogP) is 3.29. The van der Waals surface area contributed by atoms with Crippen LogP contribution in [0.2, 0.25) is 0 Å². The molecule has 6 heteroatoms. The summed E-state index contributed by atoms with van der Waals surface area (Å²) in [5.74, 6) is -0.304. The molecule has 2 aromatic carbocycles. The lowest BCUT2D eigenvalue weighted by Crippen LogP contribution is -2.50. The Morgan fingerprint density at radius 1 is 1.04 bits per heavy atom. The molecule has 2 atom stereocenters. The van der Waals surface area contributed by atoms with Gasteiger partial charge in [-0.05, 0) is 51.3 Å². The summed E-state index contributed by atoms with van der Waals surface area (Å²) >= 11 is 0. The second-order valence-corrected chi connectivity index (χ2v) is 8.86. The Morgan fingerprint density at radius 2 is 1.63 bits per heavy atom. The van der Waals surface area contributed by atoms with E-state index in [2.05, 4.69) is 17.4 Å². The van der Waals surface area contributed by atoms with Crippen molar-refractivity contribution >= 4 is 21.6 Å². The second kappa shape index (κ2) is 9.04. The standard InChI is InChI=1S/C21H28N2O3S/c1-16-10-14-20(15-11-16)23(27(4,25)26)18(3)21(24)22-17(2)12-13-19-8-6-5-7-9-19/h5-11,14-15,17-18H,12-13H2,1-4H3,(H,22,24)/t17-,18+/m0/s1. The van der Waals surface area contributed by atoms with Crippen molar-refractivity contribution in [3.05, 3.63) is 65.7 Å². The van der Waals surface area contributed by atoms with Crippen molar-refractivity contribution in [1.82, 2.24) is 5.32 Å². The molecule has 27 heavy (non-hydrogen) atoms. The average molecular weight is 389 g/mol. The van der Waals surface area contributed by atoms with Crippen LogP contribution in [0.4, 0.5) is 5.69 Å². The zero-order valence-corrected chi connectivity index (χ0v) is 17.2. The lowest BCUT2D eigenvalue weighted by Gasteiger charge is -2.29. The summed E-state index contributed by atoms with van der Waals surface area (Å²) in [5, 5.41) is 2.94. The largest absolute Gasteiger partial charge is 0.352 e. The Kier molecular flexibility index (Phi) is 7.02. The Hall–Kier alpha value is -2.34. The van der Waals surface area contributed by atoms with Gasteiger partial charge in [-0.3, -0.25) is 9.10 Å². The summed E-state index contributed by atoms with van der Waals surface area (Å²) in [7, 11) is -3.59. The minimum absolute atomic E-state index is 0.0559. The molecule has 0 unspecified atom stereocenters. The molecule has 0 fully saturated rings. The smallest absolute Gasteiger partial charge is 0.243 e. The van der Waals surface area contributed by atoms with Crippen LogP contribution in [0.15, 0.2) is 54.6 Å². The van der Waals surface area contributed by atoms with Crippen molar-refractivity contribution in [2.75, 3.05) is 10.6 Å². The molecule has 146 valence electrons. The number of carbonyl (C=O) groups excluding carboxylic acids is 1. The van der Waals surface area contributed by atoms with Gasteiger partial charge in [-0.2, -0.15) is 0 Å². The van der Waals surface area contributed by atoms with E-state index in [1.165, 1.54) is 9.87 Å². The Bertz CT molecular complexity index is 849. The summed E-state index contributed by atoms with van der Waals surface area (Å²) in [5.41, 5.74) is 2.73. The van der Waals surface area contributed by atoms with Gasteiger partial charge in [-0.25, -0.2) is 8.42 Å². The maximum atomic E-state index is 12.7. The van der Waals surface area contributed by atoms with Crippen LogP contribution in [-0.4, -0.2) is 32.7 Å². The first-order valence-electron chi connectivity index (χ1n) is 9.09. The van der Waals surface area contributed by atoms with Gasteiger partial charge in [0.25, 0.3) is 0 Å². The lowest BCUT2D eigenvalue weighted by atomic mass is 10.1. The molecule has 0 aliphatic rings. The Morgan fingerprint density at radius 3 is 2.19 bits per heavy atom. The summed E-state index contributed by atoms with van der Waals surface area (Å²) in [6.07, 6.45) is 2.76. The van der Waals surface area contributed by atoms with Crippen molar-refractivity contribution in [3.63, 3.8) is 0 Å². The highest BCUT2D eigenvalue weighted by Gasteiger charge is 2.29. The molecule has 1 amide bonds. The molecule has 0 radical (unpaired) electrons.